The lowest BCUT2D eigenvalue weighted by atomic mass is 9.98. The van der Waals surface area contributed by atoms with Crippen molar-refractivity contribution in [2.24, 2.45) is 0 Å². The van der Waals surface area contributed by atoms with E-state index in [-0.39, 0.29) is 11.9 Å². The highest BCUT2D eigenvalue weighted by atomic mass is 16.5. The first-order valence-corrected chi connectivity index (χ1v) is 6.80. The van der Waals surface area contributed by atoms with Crippen molar-refractivity contribution in [3.05, 3.63) is 23.3 Å². The van der Waals surface area contributed by atoms with Crippen LogP contribution >= 0.6 is 0 Å². The molecule has 0 aromatic heterocycles. The Bertz CT molecular complexity index is 502. The molecule has 1 aromatic carbocycles. The van der Waals surface area contributed by atoms with Crippen LogP contribution in [-0.2, 0) is 17.8 Å². The van der Waals surface area contributed by atoms with Crippen molar-refractivity contribution >= 4 is 5.91 Å². The van der Waals surface area contributed by atoms with E-state index < -0.39 is 0 Å². The minimum atomic E-state index is -0.156. The van der Waals surface area contributed by atoms with Crippen LogP contribution in [0.5, 0.6) is 11.5 Å². The van der Waals surface area contributed by atoms with Crippen LogP contribution < -0.4 is 14.8 Å². The van der Waals surface area contributed by atoms with E-state index in [1.54, 1.807) is 21.3 Å². The summed E-state index contributed by atoms with van der Waals surface area (Å²) in [5, 5.41) is 2.99. The van der Waals surface area contributed by atoms with Crippen LogP contribution in [0.15, 0.2) is 12.1 Å². The number of rotatable bonds is 4. The second kappa shape index (κ2) is 6.13. The first-order chi connectivity index (χ1) is 9.60. The molecule has 5 nitrogen and oxygen atoms in total. The van der Waals surface area contributed by atoms with Gasteiger partial charge in [-0.25, -0.2) is 0 Å². The van der Waals surface area contributed by atoms with Gasteiger partial charge in [0.05, 0.1) is 20.3 Å². The van der Waals surface area contributed by atoms with Crippen molar-refractivity contribution in [3.8, 4) is 11.5 Å². The Morgan fingerprint density at radius 1 is 1.25 bits per heavy atom. The molecule has 0 radical (unpaired) electrons. The smallest absolute Gasteiger partial charge is 0.239 e. The number of nitrogens with one attached hydrogen (secondary N) is 1. The lowest BCUT2D eigenvalue weighted by Gasteiger charge is -2.31. The molecule has 0 aliphatic carbocycles. The van der Waals surface area contributed by atoms with Crippen LogP contribution in [-0.4, -0.2) is 44.7 Å². The molecule has 0 bridgehead atoms. The van der Waals surface area contributed by atoms with Gasteiger partial charge in [-0.15, -0.1) is 0 Å². The van der Waals surface area contributed by atoms with E-state index in [9.17, 15) is 4.79 Å². The Balaban J connectivity index is 2.23. The summed E-state index contributed by atoms with van der Waals surface area (Å²) in [5.41, 5.74) is 2.36. The normalized spacial score (nSPS) is 15.5. The second-order valence-electron chi connectivity index (χ2n) is 5.00. The van der Waals surface area contributed by atoms with Gasteiger partial charge in [0, 0.05) is 13.1 Å². The standard InChI is InChI=1S/C15H22N2O3/c1-10(16-2)15(18)17-6-5-11-7-13(19-3)14(20-4)8-12(11)9-17/h7-8,10,16H,5-6,9H2,1-4H3. The second-order valence-corrected chi connectivity index (χ2v) is 5.00. The van der Waals surface area contributed by atoms with Gasteiger partial charge in [0.1, 0.15) is 0 Å². The Labute approximate surface area is 119 Å². The van der Waals surface area contributed by atoms with Gasteiger partial charge in [-0.3, -0.25) is 4.79 Å². The maximum Gasteiger partial charge on any atom is 0.239 e. The molecule has 1 unspecified atom stereocenters. The molecule has 1 heterocycles. The molecule has 1 N–H and O–H groups in total. The molecule has 0 fully saturated rings. The van der Waals surface area contributed by atoms with Gasteiger partial charge in [0.25, 0.3) is 0 Å². The summed E-state index contributed by atoms with van der Waals surface area (Å²) in [6.45, 7) is 3.25. The van der Waals surface area contributed by atoms with Crippen LogP contribution in [0.1, 0.15) is 18.1 Å². The monoisotopic (exact) mass is 278 g/mol. The Hall–Kier alpha value is -1.75. The van der Waals surface area contributed by atoms with E-state index in [0.29, 0.717) is 12.3 Å². The largest absolute Gasteiger partial charge is 0.493 e. The Morgan fingerprint density at radius 2 is 1.85 bits per heavy atom. The molecule has 0 saturated heterocycles. The minimum absolute atomic E-state index is 0.132. The zero-order valence-electron chi connectivity index (χ0n) is 12.5. The number of likely N-dealkylation sites (N-methyl/N-ethyl adjacent to an activating group) is 1. The number of nitrogens with zero attached hydrogens (tertiary/aromatic N) is 1. The number of hydrogen-bond acceptors (Lipinski definition) is 4. The van der Waals surface area contributed by atoms with Gasteiger partial charge < -0.3 is 19.7 Å². The maximum atomic E-state index is 12.2. The van der Waals surface area contributed by atoms with E-state index in [4.69, 9.17) is 9.47 Å². The van der Waals surface area contributed by atoms with Gasteiger partial charge in [-0.05, 0) is 43.7 Å². The number of benzene rings is 1. The van der Waals surface area contributed by atoms with Gasteiger partial charge in [0.15, 0.2) is 11.5 Å². The lowest BCUT2D eigenvalue weighted by Crippen LogP contribution is -2.45. The summed E-state index contributed by atoms with van der Waals surface area (Å²) in [5.74, 6) is 1.59. The van der Waals surface area contributed by atoms with Crippen LogP contribution in [0.25, 0.3) is 0 Å². The quantitative estimate of drug-likeness (QED) is 0.899. The molecule has 1 amide bonds. The first-order valence-electron chi connectivity index (χ1n) is 6.80. The molecule has 1 aromatic rings. The summed E-state index contributed by atoms with van der Waals surface area (Å²) in [6, 6.07) is 3.83. The van der Waals surface area contributed by atoms with Gasteiger partial charge in [-0.1, -0.05) is 0 Å². The molecular formula is C15H22N2O3. The molecule has 1 aliphatic heterocycles. The van der Waals surface area contributed by atoms with Gasteiger partial charge in [-0.2, -0.15) is 0 Å². The molecule has 0 spiro atoms. The van der Waals surface area contributed by atoms with Crippen LogP contribution in [0, 0.1) is 0 Å². The predicted octanol–water partition coefficient (Wildman–Crippen LogP) is 1.20. The molecule has 5 heteroatoms. The van der Waals surface area contributed by atoms with Crippen molar-refractivity contribution in [3.63, 3.8) is 0 Å². The van der Waals surface area contributed by atoms with Crippen LogP contribution in [0.2, 0.25) is 0 Å². The Kier molecular flexibility index (Phi) is 4.49. The van der Waals surface area contributed by atoms with Crippen molar-refractivity contribution in [2.45, 2.75) is 25.9 Å². The van der Waals surface area contributed by atoms with E-state index >= 15 is 0 Å². The average molecular weight is 278 g/mol. The number of hydrogen-bond donors (Lipinski definition) is 1. The highest BCUT2D eigenvalue weighted by Crippen LogP contribution is 2.33. The number of fused-ring (bicyclic) bond motifs is 1. The van der Waals surface area contributed by atoms with E-state index in [0.717, 1.165) is 24.3 Å². The van der Waals surface area contributed by atoms with Gasteiger partial charge in [0.2, 0.25) is 5.91 Å². The SMILES string of the molecule is CNC(C)C(=O)N1CCc2cc(OC)c(OC)cc2C1. The van der Waals surface area contributed by atoms with Gasteiger partial charge >= 0.3 is 0 Å². The lowest BCUT2D eigenvalue weighted by molar-refractivity contribution is -0.133. The molecule has 2 rings (SSSR count). The van der Waals surface area contributed by atoms with Crippen molar-refractivity contribution in [1.29, 1.82) is 0 Å². The fourth-order valence-electron chi connectivity index (χ4n) is 2.47. The molecular weight excluding hydrogens is 256 g/mol. The first kappa shape index (κ1) is 14.7. The summed E-state index contributed by atoms with van der Waals surface area (Å²) < 4.78 is 10.6. The summed E-state index contributed by atoms with van der Waals surface area (Å²) in [6.07, 6.45) is 0.845. The fraction of sp³-hybridized carbons (Fsp3) is 0.533. The van der Waals surface area contributed by atoms with E-state index in [1.807, 2.05) is 24.0 Å². The number of carbonyl (C=O) groups is 1. The van der Waals surface area contributed by atoms with Crippen molar-refractivity contribution in [2.75, 3.05) is 27.8 Å². The molecule has 0 saturated carbocycles. The topological polar surface area (TPSA) is 50.8 Å². The average Bonchev–Trinajstić information content (AvgIpc) is 2.51. The zero-order chi connectivity index (χ0) is 14.7. The molecule has 20 heavy (non-hydrogen) atoms. The third kappa shape index (κ3) is 2.72. The van der Waals surface area contributed by atoms with E-state index in [2.05, 4.69) is 5.32 Å². The highest BCUT2D eigenvalue weighted by molar-refractivity contribution is 5.81. The minimum Gasteiger partial charge on any atom is -0.493 e. The third-order valence-electron chi connectivity index (χ3n) is 3.83. The molecule has 1 atom stereocenters. The fourth-order valence-corrected chi connectivity index (χ4v) is 2.47. The van der Waals surface area contributed by atoms with E-state index in [1.165, 1.54) is 5.56 Å². The summed E-state index contributed by atoms with van der Waals surface area (Å²) in [4.78, 5) is 14.1. The van der Waals surface area contributed by atoms with Crippen LogP contribution in [0.3, 0.4) is 0 Å². The number of methoxy groups -OCH3 is 2. The predicted molar refractivity (Wildman–Crippen MR) is 77.2 cm³/mol. The summed E-state index contributed by atoms with van der Waals surface area (Å²) >= 11 is 0. The number of amides is 1. The highest BCUT2D eigenvalue weighted by Gasteiger charge is 2.25. The molecule has 1 aliphatic rings. The molecule has 110 valence electrons. The zero-order valence-corrected chi connectivity index (χ0v) is 12.5. The maximum absolute atomic E-state index is 12.2. The van der Waals surface area contributed by atoms with Crippen molar-refractivity contribution < 1.29 is 14.3 Å². The Morgan fingerprint density at radius 3 is 2.40 bits per heavy atom. The van der Waals surface area contributed by atoms with Crippen LogP contribution in [0.4, 0.5) is 0 Å². The summed E-state index contributed by atoms with van der Waals surface area (Å²) in [7, 11) is 5.06. The number of ether oxygens (including phenoxy) is 2. The third-order valence-corrected chi connectivity index (χ3v) is 3.83. The number of carbonyl (C=O) groups excluding carboxylic acids is 1. The van der Waals surface area contributed by atoms with Crippen molar-refractivity contribution in [1.82, 2.24) is 10.2 Å².